The summed E-state index contributed by atoms with van der Waals surface area (Å²) in [6.45, 7) is 1.89. The van der Waals surface area contributed by atoms with Crippen molar-refractivity contribution in [1.82, 2.24) is 4.90 Å². The number of carboxylic acids is 1. The molecule has 0 bridgehead atoms. The number of hydrogen-bond acceptors (Lipinski definition) is 3. The second-order valence-electron chi connectivity index (χ2n) is 5.50. The topological polar surface area (TPSA) is 43.8 Å². The SMILES string of the molecule is CN(C)CCCN(c1ccccc1)c1ccc(C(=O)O)cc1. The number of rotatable bonds is 7. The quantitative estimate of drug-likeness (QED) is 0.850. The fourth-order valence-corrected chi connectivity index (χ4v) is 2.34. The third-order valence-electron chi connectivity index (χ3n) is 3.48. The molecule has 0 heterocycles. The number of para-hydroxylation sites is 1. The van der Waals surface area contributed by atoms with E-state index in [1.807, 2.05) is 30.3 Å². The lowest BCUT2D eigenvalue weighted by Crippen LogP contribution is -2.23. The molecule has 4 nitrogen and oxygen atoms in total. The van der Waals surface area contributed by atoms with E-state index < -0.39 is 5.97 Å². The molecule has 0 aliphatic heterocycles. The minimum absolute atomic E-state index is 0.310. The van der Waals surface area contributed by atoms with Gasteiger partial charge >= 0.3 is 5.97 Å². The molecule has 0 saturated heterocycles. The van der Waals surface area contributed by atoms with Crippen molar-refractivity contribution in [1.29, 1.82) is 0 Å². The van der Waals surface area contributed by atoms with Crippen molar-refractivity contribution in [2.75, 3.05) is 32.1 Å². The van der Waals surface area contributed by atoms with E-state index in [1.165, 1.54) is 0 Å². The van der Waals surface area contributed by atoms with Crippen molar-refractivity contribution in [3.8, 4) is 0 Å². The predicted molar refractivity (Wildman–Crippen MR) is 90.0 cm³/mol. The average molecular weight is 298 g/mol. The van der Waals surface area contributed by atoms with Gasteiger partial charge in [0.2, 0.25) is 0 Å². The summed E-state index contributed by atoms with van der Waals surface area (Å²) in [7, 11) is 4.13. The van der Waals surface area contributed by atoms with Crippen LogP contribution in [0.2, 0.25) is 0 Å². The molecule has 1 N–H and O–H groups in total. The van der Waals surface area contributed by atoms with Crippen LogP contribution in [0.4, 0.5) is 11.4 Å². The van der Waals surface area contributed by atoms with Crippen molar-refractivity contribution >= 4 is 17.3 Å². The summed E-state index contributed by atoms with van der Waals surface area (Å²) >= 11 is 0. The van der Waals surface area contributed by atoms with Gasteiger partial charge in [-0.2, -0.15) is 0 Å². The van der Waals surface area contributed by atoms with Gasteiger partial charge in [0.05, 0.1) is 5.56 Å². The van der Waals surface area contributed by atoms with Crippen molar-refractivity contribution in [3.63, 3.8) is 0 Å². The zero-order valence-corrected chi connectivity index (χ0v) is 13.1. The molecule has 2 aromatic rings. The first-order chi connectivity index (χ1) is 10.6. The highest BCUT2D eigenvalue weighted by molar-refractivity contribution is 5.88. The summed E-state index contributed by atoms with van der Waals surface area (Å²) in [5.74, 6) is -0.898. The average Bonchev–Trinajstić information content (AvgIpc) is 2.52. The van der Waals surface area contributed by atoms with Crippen LogP contribution in [-0.2, 0) is 0 Å². The maximum Gasteiger partial charge on any atom is 0.335 e. The number of carboxylic acid groups (broad SMARTS) is 1. The summed E-state index contributed by atoms with van der Waals surface area (Å²) in [5, 5.41) is 9.01. The van der Waals surface area contributed by atoms with Crippen LogP contribution in [0.25, 0.3) is 0 Å². The van der Waals surface area contributed by atoms with Gasteiger partial charge in [0.25, 0.3) is 0 Å². The molecule has 0 amide bonds. The first-order valence-corrected chi connectivity index (χ1v) is 7.38. The van der Waals surface area contributed by atoms with Crippen LogP contribution >= 0.6 is 0 Å². The van der Waals surface area contributed by atoms with Gasteiger partial charge in [0.1, 0.15) is 0 Å². The Bertz CT molecular complexity index is 594. The molecule has 22 heavy (non-hydrogen) atoms. The third kappa shape index (κ3) is 4.33. The second kappa shape index (κ2) is 7.61. The molecule has 0 spiro atoms. The normalized spacial score (nSPS) is 10.7. The molecule has 0 atom stereocenters. The number of carbonyl (C=O) groups is 1. The molecule has 0 unspecified atom stereocenters. The van der Waals surface area contributed by atoms with Gasteiger partial charge in [-0.05, 0) is 63.5 Å². The summed E-state index contributed by atoms with van der Waals surface area (Å²) in [6, 6.07) is 17.2. The lowest BCUT2D eigenvalue weighted by Gasteiger charge is -2.26. The first kappa shape index (κ1) is 16.0. The number of hydrogen-bond donors (Lipinski definition) is 1. The Morgan fingerprint density at radius 2 is 1.50 bits per heavy atom. The molecule has 0 fully saturated rings. The molecule has 2 rings (SSSR count). The van der Waals surface area contributed by atoms with Crippen molar-refractivity contribution in [2.45, 2.75) is 6.42 Å². The van der Waals surface area contributed by atoms with E-state index in [1.54, 1.807) is 12.1 Å². The fourth-order valence-electron chi connectivity index (χ4n) is 2.34. The Morgan fingerprint density at radius 1 is 0.909 bits per heavy atom. The Morgan fingerprint density at radius 3 is 2.05 bits per heavy atom. The molecule has 2 aromatic carbocycles. The van der Waals surface area contributed by atoms with Crippen LogP contribution in [0, 0.1) is 0 Å². The highest BCUT2D eigenvalue weighted by Gasteiger charge is 2.10. The highest BCUT2D eigenvalue weighted by atomic mass is 16.4. The Balaban J connectivity index is 2.21. The Labute approximate surface area is 131 Å². The smallest absolute Gasteiger partial charge is 0.335 e. The summed E-state index contributed by atoms with van der Waals surface area (Å²) in [4.78, 5) is 15.4. The monoisotopic (exact) mass is 298 g/mol. The number of aromatic carboxylic acids is 1. The second-order valence-corrected chi connectivity index (χ2v) is 5.50. The molecule has 4 heteroatoms. The summed E-state index contributed by atoms with van der Waals surface area (Å²) < 4.78 is 0. The largest absolute Gasteiger partial charge is 0.478 e. The van der Waals surface area contributed by atoms with Crippen LogP contribution in [0.3, 0.4) is 0 Å². The molecule has 0 aromatic heterocycles. The number of nitrogens with zero attached hydrogens (tertiary/aromatic N) is 2. The zero-order valence-electron chi connectivity index (χ0n) is 13.1. The van der Waals surface area contributed by atoms with Gasteiger partial charge in [0, 0.05) is 17.9 Å². The van der Waals surface area contributed by atoms with Crippen LogP contribution < -0.4 is 4.90 Å². The van der Waals surface area contributed by atoms with Crippen LogP contribution in [0.15, 0.2) is 54.6 Å². The molecule has 0 aliphatic rings. The van der Waals surface area contributed by atoms with Gasteiger partial charge in [-0.3, -0.25) is 0 Å². The van der Waals surface area contributed by atoms with E-state index >= 15 is 0 Å². The Kier molecular flexibility index (Phi) is 5.55. The minimum atomic E-state index is -0.898. The highest BCUT2D eigenvalue weighted by Crippen LogP contribution is 2.25. The van der Waals surface area contributed by atoms with E-state index in [0.29, 0.717) is 5.56 Å². The molecular formula is C18H22N2O2. The lowest BCUT2D eigenvalue weighted by molar-refractivity contribution is 0.0697. The molecule has 0 aliphatic carbocycles. The molecule has 116 valence electrons. The van der Waals surface area contributed by atoms with Crippen LogP contribution in [0.5, 0.6) is 0 Å². The minimum Gasteiger partial charge on any atom is -0.478 e. The van der Waals surface area contributed by atoms with E-state index in [9.17, 15) is 4.79 Å². The van der Waals surface area contributed by atoms with Crippen molar-refractivity contribution in [3.05, 3.63) is 60.2 Å². The van der Waals surface area contributed by atoms with E-state index in [-0.39, 0.29) is 0 Å². The standard InChI is InChI=1S/C18H22N2O2/c1-19(2)13-6-14-20(16-7-4-3-5-8-16)17-11-9-15(10-12-17)18(21)22/h3-5,7-12H,6,13-14H2,1-2H3,(H,21,22). The van der Waals surface area contributed by atoms with Crippen LogP contribution in [0.1, 0.15) is 16.8 Å². The summed E-state index contributed by atoms with van der Waals surface area (Å²) in [5.41, 5.74) is 2.43. The summed E-state index contributed by atoms with van der Waals surface area (Å²) in [6.07, 6.45) is 1.03. The molecule has 0 radical (unpaired) electrons. The van der Waals surface area contributed by atoms with Crippen LogP contribution in [-0.4, -0.2) is 43.2 Å². The predicted octanol–water partition coefficient (Wildman–Crippen LogP) is 3.47. The van der Waals surface area contributed by atoms with Gasteiger partial charge in [-0.25, -0.2) is 4.79 Å². The fraction of sp³-hybridized carbons (Fsp3) is 0.278. The van der Waals surface area contributed by atoms with E-state index in [0.717, 1.165) is 30.9 Å². The molecule has 0 saturated carbocycles. The molecular weight excluding hydrogens is 276 g/mol. The third-order valence-corrected chi connectivity index (χ3v) is 3.48. The van der Waals surface area contributed by atoms with Crippen molar-refractivity contribution < 1.29 is 9.90 Å². The Hall–Kier alpha value is -2.33. The number of anilines is 2. The lowest BCUT2D eigenvalue weighted by atomic mass is 10.1. The number of benzene rings is 2. The van der Waals surface area contributed by atoms with E-state index in [4.69, 9.17) is 5.11 Å². The van der Waals surface area contributed by atoms with Gasteiger partial charge in [0.15, 0.2) is 0 Å². The van der Waals surface area contributed by atoms with Gasteiger partial charge < -0.3 is 14.9 Å². The first-order valence-electron chi connectivity index (χ1n) is 7.38. The van der Waals surface area contributed by atoms with Gasteiger partial charge in [-0.15, -0.1) is 0 Å². The maximum atomic E-state index is 11.0. The van der Waals surface area contributed by atoms with Gasteiger partial charge in [-0.1, -0.05) is 18.2 Å². The maximum absolute atomic E-state index is 11.0. The van der Waals surface area contributed by atoms with Crippen molar-refractivity contribution in [2.24, 2.45) is 0 Å². The zero-order chi connectivity index (χ0) is 15.9. The van der Waals surface area contributed by atoms with E-state index in [2.05, 4.69) is 36.0 Å².